The molecule has 280 valence electrons. The van der Waals surface area contributed by atoms with Crippen LogP contribution in [0.25, 0.3) is 39.0 Å². The number of allylic oxidation sites excluding steroid dienone is 7. The van der Waals surface area contributed by atoms with Crippen LogP contribution in [0.1, 0.15) is 22.3 Å². The van der Waals surface area contributed by atoms with E-state index >= 15 is 0 Å². The van der Waals surface area contributed by atoms with Crippen molar-refractivity contribution in [3.63, 3.8) is 0 Å². The smallest absolute Gasteiger partial charge is 0.170 e. The quantitative estimate of drug-likeness (QED) is 0.175. The third-order valence-electron chi connectivity index (χ3n) is 12.8. The van der Waals surface area contributed by atoms with Gasteiger partial charge in [-0.05, 0) is 92.6 Å². The molecule has 4 unspecified atom stereocenters. The topological polar surface area (TPSA) is 21.7 Å². The van der Waals surface area contributed by atoms with Crippen LogP contribution >= 0.6 is 0 Å². The molecule has 0 amide bonds. The van der Waals surface area contributed by atoms with Gasteiger partial charge in [0.05, 0.1) is 11.1 Å². The fourth-order valence-corrected chi connectivity index (χ4v) is 10.4. The third-order valence-corrected chi connectivity index (χ3v) is 12.8. The molecular formula is C56H39NO2. The minimum atomic E-state index is -0.385. The second-order valence-corrected chi connectivity index (χ2v) is 15.8. The Kier molecular flexibility index (Phi) is 7.64. The van der Waals surface area contributed by atoms with Gasteiger partial charge in [-0.1, -0.05) is 176 Å². The van der Waals surface area contributed by atoms with E-state index in [1.165, 1.54) is 50.1 Å². The van der Waals surface area contributed by atoms with Crippen molar-refractivity contribution in [2.24, 2.45) is 5.92 Å². The molecule has 5 aliphatic rings. The maximum absolute atomic E-state index is 7.16. The average molecular weight is 758 g/mol. The molecule has 0 saturated heterocycles. The molecule has 3 nitrogen and oxygen atoms in total. The lowest BCUT2D eigenvalue weighted by atomic mass is 9.67. The summed E-state index contributed by atoms with van der Waals surface area (Å²) in [6.45, 7) is 0. The standard InChI is InChI=1S/C56H39NO2/c1-4-18-37(19-5-1)40-22-10-11-23-41(40)44-26-14-17-31-50(44)57(38-20-6-2-7-21-38)39-32-34-51-53(36-39)58-52-35-33-49-54(55(52)59-51)45-27-13-16-30-48(45)56(49)46-28-9-3-8-24-42(46)43-25-12-15-29-47(43)56/h1-36,46,51,53H. The summed E-state index contributed by atoms with van der Waals surface area (Å²) >= 11 is 0. The van der Waals surface area contributed by atoms with Crippen LogP contribution in [0, 0.1) is 5.92 Å². The Labute approximate surface area is 344 Å². The number of hydrogen-bond acceptors (Lipinski definition) is 3. The molecule has 4 aliphatic carbocycles. The zero-order chi connectivity index (χ0) is 38.9. The predicted molar refractivity (Wildman–Crippen MR) is 240 cm³/mol. The first-order valence-electron chi connectivity index (χ1n) is 20.5. The summed E-state index contributed by atoms with van der Waals surface area (Å²) in [6, 6.07) is 61.0. The highest BCUT2D eigenvalue weighted by Crippen LogP contribution is 2.67. The zero-order valence-corrected chi connectivity index (χ0v) is 32.3. The number of para-hydroxylation sites is 2. The lowest BCUT2D eigenvalue weighted by Gasteiger charge is -2.38. The van der Waals surface area contributed by atoms with E-state index in [-0.39, 0.29) is 23.5 Å². The number of ether oxygens (including phenoxy) is 2. The van der Waals surface area contributed by atoms with E-state index in [0.717, 1.165) is 39.7 Å². The van der Waals surface area contributed by atoms with Crippen molar-refractivity contribution in [1.29, 1.82) is 0 Å². The van der Waals surface area contributed by atoms with E-state index in [1.807, 2.05) is 0 Å². The number of anilines is 2. The number of hydrogen-bond donors (Lipinski definition) is 0. The summed E-state index contributed by atoms with van der Waals surface area (Å²) < 4.78 is 14.2. The minimum Gasteiger partial charge on any atom is -0.478 e. The van der Waals surface area contributed by atoms with Gasteiger partial charge < -0.3 is 14.4 Å². The Morgan fingerprint density at radius 2 is 1.14 bits per heavy atom. The normalized spacial score (nSPS) is 21.1. The molecular weight excluding hydrogens is 719 g/mol. The Balaban J connectivity index is 0.973. The van der Waals surface area contributed by atoms with Crippen molar-refractivity contribution in [3.8, 4) is 44.9 Å². The van der Waals surface area contributed by atoms with Crippen LogP contribution in [-0.4, -0.2) is 12.2 Å². The van der Waals surface area contributed by atoms with Crippen LogP contribution < -0.4 is 14.4 Å². The van der Waals surface area contributed by atoms with Crippen LogP contribution in [0.15, 0.2) is 224 Å². The second-order valence-electron chi connectivity index (χ2n) is 15.8. The van der Waals surface area contributed by atoms with Gasteiger partial charge in [0.15, 0.2) is 23.7 Å². The van der Waals surface area contributed by atoms with Gasteiger partial charge >= 0.3 is 0 Å². The van der Waals surface area contributed by atoms with E-state index in [9.17, 15) is 0 Å². The van der Waals surface area contributed by atoms with Crippen LogP contribution in [0.3, 0.4) is 0 Å². The molecule has 1 spiro atoms. The van der Waals surface area contributed by atoms with E-state index in [0.29, 0.717) is 0 Å². The highest BCUT2D eigenvalue weighted by atomic mass is 16.6. The molecule has 59 heavy (non-hydrogen) atoms. The lowest BCUT2D eigenvalue weighted by molar-refractivity contribution is 0.0755. The first kappa shape index (κ1) is 33.7. The van der Waals surface area contributed by atoms with Gasteiger partial charge in [-0.15, -0.1) is 0 Å². The molecule has 0 radical (unpaired) electrons. The van der Waals surface area contributed by atoms with Gasteiger partial charge in [0, 0.05) is 28.4 Å². The van der Waals surface area contributed by atoms with Crippen LogP contribution in [-0.2, 0) is 5.41 Å². The fourth-order valence-electron chi connectivity index (χ4n) is 10.4. The zero-order valence-electron chi connectivity index (χ0n) is 32.3. The Bertz CT molecular complexity index is 2970. The summed E-state index contributed by atoms with van der Waals surface area (Å²) in [5.74, 6) is 1.73. The van der Waals surface area contributed by atoms with Crippen LogP contribution in [0.2, 0.25) is 0 Å². The summed E-state index contributed by atoms with van der Waals surface area (Å²) in [6.07, 6.45) is 17.2. The molecule has 0 fully saturated rings. The number of fused-ring (bicyclic) bond motifs is 13. The first-order chi connectivity index (χ1) is 29.3. The highest BCUT2D eigenvalue weighted by Gasteiger charge is 2.56. The molecule has 0 bridgehead atoms. The van der Waals surface area contributed by atoms with Crippen molar-refractivity contribution in [3.05, 3.63) is 246 Å². The monoisotopic (exact) mass is 757 g/mol. The summed E-state index contributed by atoms with van der Waals surface area (Å²) in [7, 11) is 0. The second kappa shape index (κ2) is 13.4. The van der Waals surface area contributed by atoms with E-state index in [4.69, 9.17) is 9.47 Å². The Hall–Kier alpha value is -7.36. The van der Waals surface area contributed by atoms with E-state index in [1.54, 1.807) is 0 Å². The number of benzene rings is 7. The number of nitrogens with zero attached hydrogens (tertiary/aromatic N) is 1. The van der Waals surface area contributed by atoms with Crippen molar-refractivity contribution >= 4 is 16.9 Å². The molecule has 1 heterocycles. The molecule has 7 aromatic carbocycles. The summed E-state index contributed by atoms with van der Waals surface area (Å²) in [5, 5.41) is 0. The fraction of sp³-hybridized carbons (Fsp3) is 0.0714. The molecule has 7 aromatic rings. The molecule has 0 aromatic heterocycles. The molecule has 1 aliphatic heterocycles. The van der Waals surface area contributed by atoms with Crippen molar-refractivity contribution < 1.29 is 9.47 Å². The Morgan fingerprint density at radius 3 is 1.95 bits per heavy atom. The van der Waals surface area contributed by atoms with E-state index in [2.05, 4.69) is 223 Å². The van der Waals surface area contributed by atoms with Gasteiger partial charge in [0.1, 0.15) is 0 Å². The SMILES string of the molecule is C1=CC=C2c3ccccc3C3(c4ccccc4-c4c3ccc3c4OC4C=CC(N(c5ccccc5)c5ccccc5-c5ccccc5-c5ccccc5)=CC4O3)C2C=C1. The van der Waals surface area contributed by atoms with Crippen LogP contribution in [0.4, 0.5) is 11.4 Å². The third kappa shape index (κ3) is 5.01. The number of rotatable bonds is 5. The summed E-state index contributed by atoms with van der Waals surface area (Å²) in [4.78, 5) is 2.35. The molecule has 0 N–H and O–H groups in total. The highest BCUT2D eigenvalue weighted by molar-refractivity contribution is 5.96. The van der Waals surface area contributed by atoms with Crippen LogP contribution in [0.5, 0.6) is 11.5 Å². The van der Waals surface area contributed by atoms with Crippen molar-refractivity contribution in [1.82, 2.24) is 0 Å². The molecule has 12 rings (SSSR count). The van der Waals surface area contributed by atoms with Gasteiger partial charge in [0.25, 0.3) is 0 Å². The molecule has 0 saturated carbocycles. The van der Waals surface area contributed by atoms with Crippen molar-refractivity contribution in [2.75, 3.05) is 4.90 Å². The maximum atomic E-state index is 7.16. The Morgan fingerprint density at radius 1 is 0.475 bits per heavy atom. The van der Waals surface area contributed by atoms with Gasteiger partial charge in [-0.25, -0.2) is 0 Å². The average Bonchev–Trinajstić information content (AvgIpc) is 3.61. The van der Waals surface area contributed by atoms with Crippen molar-refractivity contribution in [2.45, 2.75) is 17.6 Å². The predicted octanol–water partition coefficient (Wildman–Crippen LogP) is 13.3. The van der Waals surface area contributed by atoms with E-state index < -0.39 is 0 Å². The summed E-state index contributed by atoms with van der Waals surface area (Å²) in [5.41, 5.74) is 16.4. The lowest BCUT2D eigenvalue weighted by Crippen LogP contribution is -2.40. The maximum Gasteiger partial charge on any atom is 0.170 e. The first-order valence-corrected chi connectivity index (χ1v) is 20.5. The largest absolute Gasteiger partial charge is 0.478 e. The molecule has 3 heteroatoms. The molecule has 4 atom stereocenters. The minimum absolute atomic E-state index is 0.138. The van der Waals surface area contributed by atoms with Gasteiger partial charge in [-0.3, -0.25) is 0 Å². The van der Waals surface area contributed by atoms with Gasteiger partial charge in [0.2, 0.25) is 0 Å². The van der Waals surface area contributed by atoms with Gasteiger partial charge in [-0.2, -0.15) is 0 Å².